The van der Waals surface area contributed by atoms with E-state index < -0.39 is 0 Å². The number of thiophene rings is 1. The molecular weight excluding hydrogens is 290 g/mol. The van der Waals surface area contributed by atoms with E-state index in [2.05, 4.69) is 22.9 Å². The maximum Gasteiger partial charge on any atom is 0.0564 e. The van der Waals surface area contributed by atoms with Crippen molar-refractivity contribution in [3.8, 4) is 0 Å². The van der Waals surface area contributed by atoms with Crippen LogP contribution in [-0.4, -0.2) is 49.1 Å². The molecule has 1 aromatic rings. The van der Waals surface area contributed by atoms with E-state index in [0.29, 0.717) is 12.6 Å². The molecule has 2 N–H and O–H groups in total. The molecule has 0 aromatic carbocycles. The van der Waals surface area contributed by atoms with Gasteiger partial charge in [-0.25, -0.2) is 0 Å². The summed E-state index contributed by atoms with van der Waals surface area (Å²) in [7, 11) is 2.28. The summed E-state index contributed by atoms with van der Waals surface area (Å²) in [6.45, 7) is 4.29. The van der Waals surface area contributed by atoms with Crippen LogP contribution in [0.1, 0.15) is 30.2 Å². The number of nitrogens with zero attached hydrogens (tertiary/aromatic N) is 2. The number of fused-ring (bicyclic) bond motifs is 1. The average molecular weight is 314 g/mol. The fourth-order valence-corrected chi connectivity index (χ4v) is 5.14. The molecule has 2 aliphatic rings. The summed E-state index contributed by atoms with van der Waals surface area (Å²) in [4.78, 5) is 6.47. The number of likely N-dealkylation sites (tertiary alicyclic amines) is 2. The van der Waals surface area contributed by atoms with Crippen LogP contribution in [0.15, 0.2) is 11.4 Å². The summed E-state index contributed by atoms with van der Waals surface area (Å²) >= 11 is 7.82. The minimum Gasteiger partial charge on any atom is -0.329 e. The minimum atomic E-state index is 0.348. The molecule has 0 bridgehead atoms. The summed E-state index contributed by atoms with van der Waals surface area (Å²) in [5, 5.41) is 2.86. The van der Waals surface area contributed by atoms with Crippen LogP contribution in [0.4, 0.5) is 0 Å². The Kier molecular flexibility index (Phi) is 4.68. The molecule has 5 heteroatoms. The van der Waals surface area contributed by atoms with E-state index in [4.69, 9.17) is 17.3 Å². The molecule has 1 aromatic heterocycles. The van der Waals surface area contributed by atoms with Crippen molar-refractivity contribution < 1.29 is 0 Å². The van der Waals surface area contributed by atoms with Crippen molar-refractivity contribution in [2.75, 3.05) is 33.2 Å². The normalized spacial score (nSPS) is 30.1. The highest BCUT2D eigenvalue weighted by Crippen LogP contribution is 2.35. The molecule has 20 heavy (non-hydrogen) atoms. The second-order valence-corrected chi connectivity index (χ2v) is 7.53. The average Bonchev–Trinajstić information content (AvgIpc) is 2.86. The topological polar surface area (TPSA) is 32.5 Å². The number of hydrogen-bond acceptors (Lipinski definition) is 4. The molecular formula is C15H24ClN3S. The molecule has 2 saturated heterocycles. The Hall–Kier alpha value is -0.130. The first kappa shape index (κ1) is 14.8. The molecule has 3 unspecified atom stereocenters. The third-order valence-electron chi connectivity index (χ3n) is 4.96. The molecule has 3 nitrogen and oxygen atoms in total. The summed E-state index contributed by atoms with van der Waals surface area (Å²) in [6, 6.07) is 3.22. The van der Waals surface area contributed by atoms with Gasteiger partial charge < -0.3 is 10.6 Å². The minimum absolute atomic E-state index is 0.348. The van der Waals surface area contributed by atoms with Gasteiger partial charge >= 0.3 is 0 Å². The second-order valence-electron chi connectivity index (χ2n) is 6.15. The van der Waals surface area contributed by atoms with E-state index in [1.54, 1.807) is 11.3 Å². The van der Waals surface area contributed by atoms with Crippen molar-refractivity contribution in [2.45, 2.75) is 31.3 Å². The van der Waals surface area contributed by atoms with Crippen LogP contribution < -0.4 is 5.73 Å². The zero-order chi connectivity index (χ0) is 14.1. The highest BCUT2D eigenvalue weighted by molar-refractivity contribution is 7.10. The van der Waals surface area contributed by atoms with Crippen LogP contribution in [0.5, 0.6) is 0 Å². The van der Waals surface area contributed by atoms with Crippen LogP contribution in [0.2, 0.25) is 5.02 Å². The molecule has 2 fully saturated rings. The number of nitrogens with two attached hydrogens (primary N) is 1. The van der Waals surface area contributed by atoms with Crippen LogP contribution >= 0.6 is 22.9 Å². The van der Waals surface area contributed by atoms with Crippen LogP contribution in [-0.2, 0) is 0 Å². The fraction of sp³-hybridized carbons (Fsp3) is 0.733. The molecule has 0 radical (unpaired) electrons. The Balaban J connectivity index is 1.71. The van der Waals surface area contributed by atoms with Gasteiger partial charge in [-0.15, -0.1) is 11.3 Å². The van der Waals surface area contributed by atoms with Crippen molar-refractivity contribution in [2.24, 2.45) is 11.7 Å². The molecule has 112 valence electrons. The Bertz CT molecular complexity index is 450. The lowest BCUT2D eigenvalue weighted by Gasteiger charge is -2.47. The number of piperidine rings is 2. The van der Waals surface area contributed by atoms with Gasteiger partial charge in [0.05, 0.1) is 11.1 Å². The maximum atomic E-state index is 6.07. The van der Waals surface area contributed by atoms with Crippen LogP contribution in [0, 0.1) is 5.92 Å². The molecule has 3 heterocycles. The first-order valence-corrected chi connectivity index (χ1v) is 8.83. The van der Waals surface area contributed by atoms with Crippen molar-refractivity contribution in [1.82, 2.24) is 9.80 Å². The van der Waals surface area contributed by atoms with Gasteiger partial charge in [-0.05, 0) is 44.8 Å². The van der Waals surface area contributed by atoms with E-state index in [1.807, 2.05) is 5.38 Å². The van der Waals surface area contributed by atoms with E-state index in [1.165, 1.54) is 37.2 Å². The zero-order valence-electron chi connectivity index (χ0n) is 12.1. The van der Waals surface area contributed by atoms with E-state index in [-0.39, 0.29) is 0 Å². The van der Waals surface area contributed by atoms with Gasteiger partial charge in [0.1, 0.15) is 0 Å². The molecule has 2 aliphatic heterocycles. The molecule has 0 spiro atoms. The predicted octanol–water partition coefficient (Wildman–Crippen LogP) is 2.82. The first-order valence-electron chi connectivity index (χ1n) is 7.57. The largest absolute Gasteiger partial charge is 0.329 e. The van der Waals surface area contributed by atoms with Gasteiger partial charge in [0.25, 0.3) is 0 Å². The lowest BCUT2D eigenvalue weighted by atomic mass is 9.83. The molecule has 3 atom stereocenters. The van der Waals surface area contributed by atoms with Gasteiger partial charge in [0, 0.05) is 35.9 Å². The summed E-state index contributed by atoms with van der Waals surface area (Å²) in [6.07, 6.45) is 3.98. The lowest BCUT2D eigenvalue weighted by Crippen LogP contribution is -2.53. The maximum absolute atomic E-state index is 6.07. The third kappa shape index (κ3) is 2.90. The summed E-state index contributed by atoms with van der Waals surface area (Å²) < 4.78 is 0. The highest BCUT2D eigenvalue weighted by Gasteiger charge is 2.36. The van der Waals surface area contributed by atoms with Gasteiger partial charge in [0.15, 0.2) is 0 Å². The van der Waals surface area contributed by atoms with E-state index in [0.717, 1.165) is 23.5 Å². The first-order chi connectivity index (χ1) is 9.69. The second kappa shape index (κ2) is 6.32. The smallest absolute Gasteiger partial charge is 0.0564 e. The fourth-order valence-electron chi connectivity index (χ4n) is 3.91. The zero-order valence-corrected chi connectivity index (χ0v) is 13.7. The summed E-state index contributed by atoms with van der Waals surface area (Å²) in [5.74, 6) is 0.812. The molecule has 0 saturated carbocycles. The van der Waals surface area contributed by atoms with Crippen LogP contribution in [0.25, 0.3) is 0 Å². The van der Waals surface area contributed by atoms with Gasteiger partial charge in [0.2, 0.25) is 0 Å². The van der Waals surface area contributed by atoms with Gasteiger partial charge in [-0.2, -0.15) is 0 Å². The monoisotopic (exact) mass is 313 g/mol. The Labute approximate surface area is 130 Å². The number of halogens is 1. The quantitative estimate of drug-likeness (QED) is 0.931. The highest BCUT2D eigenvalue weighted by atomic mass is 35.5. The van der Waals surface area contributed by atoms with Crippen molar-refractivity contribution in [3.05, 3.63) is 21.3 Å². The predicted molar refractivity (Wildman–Crippen MR) is 86.5 cm³/mol. The van der Waals surface area contributed by atoms with E-state index >= 15 is 0 Å². The third-order valence-corrected chi connectivity index (χ3v) is 6.34. The van der Waals surface area contributed by atoms with Crippen molar-refractivity contribution >= 4 is 22.9 Å². The van der Waals surface area contributed by atoms with Crippen molar-refractivity contribution in [1.29, 1.82) is 0 Å². The Morgan fingerprint density at radius 1 is 1.45 bits per heavy atom. The number of rotatable bonds is 3. The number of hydrogen-bond donors (Lipinski definition) is 1. The van der Waals surface area contributed by atoms with Crippen molar-refractivity contribution in [3.63, 3.8) is 0 Å². The molecule has 3 rings (SSSR count). The SMILES string of the molecule is CN1CCCC2CN(C(CN)c3cc(Cl)cs3)CCC21. The Morgan fingerprint density at radius 3 is 3.00 bits per heavy atom. The molecule has 0 aliphatic carbocycles. The van der Waals surface area contributed by atoms with Gasteiger partial charge in [-0.1, -0.05) is 11.6 Å². The standard InChI is InChI=1S/C15H24ClN3S/c1-18-5-2-3-11-9-19(6-4-13(11)18)14(8-17)15-7-12(16)10-20-15/h7,10-11,13-14H,2-6,8-9,17H2,1H3. The van der Waals surface area contributed by atoms with Gasteiger partial charge in [-0.3, -0.25) is 4.90 Å². The lowest BCUT2D eigenvalue weighted by molar-refractivity contribution is 0.0217. The van der Waals surface area contributed by atoms with Crippen LogP contribution in [0.3, 0.4) is 0 Å². The summed E-state index contributed by atoms with van der Waals surface area (Å²) in [5.41, 5.74) is 6.05. The Morgan fingerprint density at radius 2 is 2.30 bits per heavy atom. The van der Waals surface area contributed by atoms with E-state index in [9.17, 15) is 0 Å². The molecule has 0 amide bonds.